The fourth-order valence-corrected chi connectivity index (χ4v) is 5.95. The number of sulfonamides is 1. The van der Waals surface area contributed by atoms with E-state index in [1.165, 1.54) is 16.8 Å². The Kier molecular flexibility index (Phi) is 6.72. The summed E-state index contributed by atoms with van der Waals surface area (Å²) in [6.45, 7) is 1.43. The van der Waals surface area contributed by atoms with Gasteiger partial charge in [0.1, 0.15) is 0 Å². The Morgan fingerprint density at radius 1 is 1.00 bits per heavy atom. The maximum atomic E-state index is 12.1. The topological polar surface area (TPSA) is 113 Å². The molecule has 0 aromatic rings. The van der Waals surface area contributed by atoms with Crippen LogP contribution >= 0.6 is 0 Å². The molecule has 1 aliphatic heterocycles. The molecule has 8 nitrogen and oxygen atoms in total. The normalized spacial score (nSPS) is 27.0. The molecule has 1 aliphatic carbocycles. The van der Waals surface area contributed by atoms with E-state index in [9.17, 15) is 21.6 Å². The summed E-state index contributed by atoms with van der Waals surface area (Å²) in [5.74, 6) is 0.237. The van der Waals surface area contributed by atoms with Crippen molar-refractivity contribution in [3.05, 3.63) is 0 Å². The number of carbonyl (C=O) groups excluding carboxylic acids is 1. The monoisotopic (exact) mass is 395 g/mol. The molecule has 1 heterocycles. The predicted molar refractivity (Wildman–Crippen MR) is 96.6 cm³/mol. The molecule has 0 aromatic carbocycles. The van der Waals surface area contributed by atoms with Gasteiger partial charge in [-0.25, -0.2) is 25.9 Å². The van der Waals surface area contributed by atoms with Gasteiger partial charge in [0.25, 0.3) is 0 Å². The number of amides is 2. The van der Waals surface area contributed by atoms with Crippen LogP contribution in [-0.4, -0.2) is 70.6 Å². The van der Waals surface area contributed by atoms with Gasteiger partial charge in [-0.3, -0.25) is 0 Å². The van der Waals surface area contributed by atoms with Crippen molar-refractivity contribution >= 4 is 25.9 Å². The highest BCUT2D eigenvalue weighted by Crippen LogP contribution is 2.24. The van der Waals surface area contributed by atoms with Crippen LogP contribution in [-0.2, 0) is 19.9 Å². The minimum Gasteiger partial charge on any atom is -0.338 e. The average Bonchev–Trinajstić information content (AvgIpc) is 2.52. The highest BCUT2D eigenvalue weighted by Gasteiger charge is 2.33. The second-order valence-corrected chi connectivity index (χ2v) is 11.5. The van der Waals surface area contributed by atoms with E-state index in [0.29, 0.717) is 45.3 Å². The Balaban J connectivity index is 1.77. The molecule has 2 amide bonds. The number of nitrogens with zero attached hydrogens (tertiary/aromatic N) is 1. The molecule has 2 aliphatic rings. The van der Waals surface area contributed by atoms with Gasteiger partial charge in [0.2, 0.25) is 10.0 Å². The SMILES string of the molecule is CS(=O)(=O)[C@@H]1CCCC[C@H]1NC(=O)NCC1CCN(S(C)(=O)=O)CC1. The van der Waals surface area contributed by atoms with Gasteiger partial charge in [-0.1, -0.05) is 12.8 Å². The van der Waals surface area contributed by atoms with Gasteiger partial charge < -0.3 is 10.6 Å². The first kappa shape index (κ1) is 20.4. The fourth-order valence-electron chi connectivity index (χ4n) is 3.68. The van der Waals surface area contributed by atoms with E-state index >= 15 is 0 Å². The number of nitrogens with one attached hydrogen (secondary N) is 2. The van der Waals surface area contributed by atoms with Gasteiger partial charge in [0.15, 0.2) is 9.84 Å². The first-order valence-electron chi connectivity index (χ1n) is 8.75. The Bertz CT molecular complexity index is 669. The molecule has 0 spiro atoms. The van der Waals surface area contributed by atoms with Gasteiger partial charge in [-0.2, -0.15) is 0 Å². The van der Waals surface area contributed by atoms with Crippen LogP contribution in [0.25, 0.3) is 0 Å². The molecule has 25 heavy (non-hydrogen) atoms. The number of hydrogen-bond acceptors (Lipinski definition) is 5. The Morgan fingerprint density at radius 3 is 2.16 bits per heavy atom. The van der Waals surface area contributed by atoms with Gasteiger partial charge in [0, 0.05) is 31.9 Å². The maximum absolute atomic E-state index is 12.1. The van der Waals surface area contributed by atoms with E-state index in [2.05, 4.69) is 10.6 Å². The van der Waals surface area contributed by atoms with Crippen molar-refractivity contribution in [1.82, 2.24) is 14.9 Å². The molecule has 2 atom stereocenters. The summed E-state index contributed by atoms with van der Waals surface area (Å²) in [6.07, 6.45) is 6.92. The zero-order valence-corrected chi connectivity index (χ0v) is 16.5. The third kappa shape index (κ3) is 6.10. The summed E-state index contributed by atoms with van der Waals surface area (Å²) in [6, 6.07) is -0.679. The number of urea groups is 1. The van der Waals surface area contributed by atoms with Crippen molar-refractivity contribution in [2.45, 2.75) is 49.8 Å². The molecule has 2 fully saturated rings. The zero-order chi connectivity index (χ0) is 18.7. The largest absolute Gasteiger partial charge is 0.338 e. The molecule has 1 saturated carbocycles. The number of carbonyl (C=O) groups is 1. The maximum Gasteiger partial charge on any atom is 0.315 e. The van der Waals surface area contributed by atoms with Crippen molar-refractivity contribution in [1.29, 1.82) is 0 Å². The lowest BCUT2D eigenvalue weighted by molar-refractivity contribution is 0.224. The molecule has 1 saturated heterocycles. The van der Waals surface area contributed by atoms with Crippen LogP contribution in [0, 0.1) is 5.92 Å². The second kappa shape index (κ2) is 8.22. The summed E-state index contributed by atoms with van der Waals surface area (Å²) >= 11 is 0. The first-order valence-corrected chi connectivity index (χ1v) is 12.6. The summed E-state index contributed by atoms with van der Waals surface area (Å²) in [5.41, 5.74) is 0. The lowest BCUT2D eigenvalue weighted by atomic mass is 9.95. The van der Waals surface area contributed by atoms with E-state index in [1.54, 1.807) is 0 Å². The van der Waals surface area contributed by atoms with Gasteiger partial charge >= 0.3 is 6.03 Å². The van der Waals surface area contributed by atoms with Crippen molar-refractivity contribution < 1.29 is 21.6 Å². The van der Waals surface area contributed by atoms with Crippen LogP contribution in [0.15, 0.2) is 0 Å². The van der Waals surface area contributed by atoms with Crippen molar-refractivity contribution in [3.8, 4) is 0 Å². The van der Waals surface area contributed by atoms with Crippen LogP contribution in [0.4, 0.5) is 4.79 Å². The Hall–Kier alpha value is -0.870. The van der Waals surface area contributed by atoms with Crippen LogP contribution in [0.2, 0.25) is 0 Å². The standard InChI is InChI=1S/C15H29N3O5S2/c1-24(20,21)14-6-4-3-5-13(14)17-15(19)16-11-12-7-9-18(10-8-12)25(2,22)23/h12-14H,3-11H2,1-2H3,(H2,16,17,19)/t13-,14-/m1/s1. The van der Waals surface area contributed by atoms with Crippen molar-refractivity contribution in [2.24, 2.45) is 5.92 Å². The molecular formula is C15H29N3O5S2. The quantitative estimate of drug-likeness (QED) is 0.696. The molecule has 10 heteroatoms. The van der Waals surface area contributed by atoms with Gasteiger partial charge in [-0.05, 0) is 31.6 Å². The molecule has 0 bridgehead atoms. The van der Waals surface area contributed by atoms with Crippen LogP contribution < -0.4 is 10.6 Å². The first-order chi connectivity index (χ1) is 11.6. The molecule has 2 N–H and O–H groups in total. The van der Waals surface area contributed by atoms with Gasteiger partial charge in [-0.15, -0.1) is 0 Å². The summed E-state index contributed by atoms with van der Waals surface area (Å²) < 4.78 is 48.2. The minimum atomic E-state index is -3.18. The van der Waals surface area contributed by atoms with Crippen molar-refractivity contribution in [3.63, 3.8) is 0 Å². The second-order valence-electron chi connectivity index (χ2n) is 7.22. The van der Waals surface area contributed by atoms with Crippen LogP contribution in [0.3, 0.4) is 0 Å². The number of hydrogen-bond donors (Lipinski definition) is 2. The number of rotatable bonds is 5. The molecule has 0 unspecified atom stereocenters. The Morgan fingerprint density at radius 2 is 1.60 bits per heavy atom. The zero-order valence-electron chi connectivity index (χ0n) is 14.9. The smallest absolute Gasteiger partial charge is 0.315 e. The van der Waals surface area contributed by atoms with E-state index in [0.717, 1.165) is 12.8 Å². The summed E-state index contributed by atoms with van der Waals surface area (Å²) in [4.78, 5) is 12.1. The lowest BCUT2D eigenvalue weighted by Crippen LogP contribution is -2.52. The van der Waals surface area contributed by atoms with E-state index < -0.39 is 25.1 Å². The third-order valence-electron chi connectivity index (χ3n) is 5.16. The minimum absolute atomic E-state index is 0.237. The van der Waals surface area contributed by atoms with E-state index in [-0.39, 0.29) is 18.0 Å². The van der Waals surface area contributed by atoms with Gasteiger partial charge in [0.05, 0.1) is 11.5 Å². The fraction of sp³-hybridized carbons (Fsp3) is 0.933. The van der Waals surface area contributed by atoms with E-state index in [1.807, 2.05) is 0 Å². The van der Waals surface area contributed by atoms with Crippen LogP contribution in [0.1, 0.15) is 38.5 Å². The van der Waals surface area contributed by atoms with Crippen molar-refractivity contribution in [2.75, 3.05) is 32.1 Å². The third-order valence-corrected chi connectivity index (χ3v) is 8.13. The molecule has 0 aromatic heterocycles. The summed E-state index contributed by atoms with van der Waals surface area (Å²) in [7, 11) is -6.32. The molecular weight excluding hydrogens is 366 g/mol. The lowest BCUT2D eigenvalue weighted by Gasteiger charge is -2.32. The Labute approximate surface area is 150 Å². The van der Waals surface area contributed by atoms with E-state index in [4.69, 9.17) is 0 Å². The number of sulfone groups is 1. The average molecular weight is 396 g/mol. The summed E-state index contributed by atoms with van der Waals surface area (Å²) in [5, 5.41) is 5.12. The van der Waals surface area contributed by atoms with Crippen LogP contribution in [0.5, 0.6) is 0 Å². The molecule has 146 valence electrons. The highest BCUT2D eigenvalue weighted by molar-refractivity contribution is 7.91. The number of piperidine rings is 1. The molecule has 2 rings (SSSR count). The highest BCUT2D eigenvalue weighted by atomic mass is 32.2. The molecule has 0 radical (unpaired) electrons. The predicted octanol–water partition coefficient (Wildman–Crippen LogP) is 0.313.